The first-order chi connectivity index (χ1) is 23.8. The summed E-state index contributed by atoms with van der Waals surface area (Å²) in [5, 5.41) is 36.5. The number of aliphatic hydroxyl groups is 3. The molecule has 9 heteroatoms. The van der Waals surface area contributed by atoms with Gasteiger partial charge in [-0.2, -0.15) is 0 Å². The molecule has 5 N–H and O–H groups in total. The van der Waals surface area contributed by atoms with E-state index in [-0.39, 0.29) is 32.1 Å². The summed E-state index contributed by atoms with van der Waals surface area (Å²) in [7, 11) is 0. The maximum absolute atomic E-state index is 12.3. The molecule has 0 aromatic rings. The zero-order valence-electron chi connectivity index (χ0n) is 32.2. The lowest BCUT2D eigenvalue weighted by atomic mass is 9.47. The molecular formula is C41H72N2O7. The monoisotopic (exact) mass is 705 g/mol. The number of hydrogen-bond acceptors (Lipinski definition) is 8. The molecule has 5 aliphatic rings. The van der Waals surface area contributed by atoms with Gasteiger partial charge in [0.25, 0.3) is 0 Å². The van der Waals surface area contributed by atoms with E-state index in [1.54, 1.807) is 12.5 Å². The van der Waals surface area contributed by atoms with Crippen molar-refractivity contribution in [3.63, 3.8) is 0 Å². The SMILES string of the molecule is CC(C)CCC[C@@H](C)C1CC[C@H]2[C@@H]3CC=C4C[C@@H](NCCCNC(=O)CCOCCOC5OC(C)C(O)C(O)C5O)CCC4(C)C3CCC12C. The van der Waals surface area contributed by atoms with Crippen LogP contribution in [0.3, 0.4) is 0 Å². The Morgan fingerprint density at radius 3 is 2.52 bits per heavy atom. The number of carbonyl (C=O) groups is 1. The van der Waals surface area contributed by atoms with Crippen LogP contribution in [0, 0.1) is 46.3 Å². The Labute approximate surface area is 303 Å². The first kappa shape index (κ1) is 40.1. The number of hydrogen-bond donors (Lipinski definition) is 5. The van der Waals surface area contributed by atoms with Gasteiger partial charge in [0, 0.05) is 19.0 Å². The van der Waals surface area contributed by atoms with Crippen LogP contribution in [0.25, 0.3) is 0 Å². The van der Waals surface area contributed by atoms with Gasteiger partial charge < -0.3 is 40.2 Å². The second kappa shape index (κ2) is 17.8. The van der Waals surface area contributed by atoms with Gasteiger partial charge in [-0.15, -0.1) is 0 Å². The molecule has 0 aromatic carbocycles. The quantitative estimate of drug-likeness (QED) is 0.0958. The van der Waals surface area contributed by atoms with Crippen LogP contribution in [0.1, 0.15) is 125 Å². The molecule has 1 aliphatic heterocycles. The molecule has 9 nitrogen and oxygen atoms in total. The third-order valence-electron chi connectivity index (χ3n) is 14.2. The number of aliphatic hydroxyl groups excluding tert-OH is 3. The first-order valence-corrected chi connectivity index (χ1v) is 20.4. The van der Waals surface area contributed by atoms with Gasteiger partial charge in [-0.1, -0.05) is 65.5 Å². The highest BCUT2D eigenvalue weighted by Gasteiger charge is 2.59. The van der Waals surface area contributed by atoms with E-state index in [9.17, 15) is 20.1 Å². The molecule has 3 saturated carbocycles. The molecule has 0 radical (unpaired) electrons. The van der Waals surface area contributed by atoms with Crippen molar-refractivity contribution in [1.82, 2.24) is 10.6 Å². The highest BCUT2D eigenvalue weighted by atomic mass is 16.7. The number of allylic oxidation sites excluding steroid dienone is 1. The van der Waals surface area contributed by atoms with Crippen molar-refractivity contribution >= 4 is 5.91 Å². The van der Waals surface area contributed by atoms with Crippen LogP contribution in [0.4, 0.5) is 0 Å². The largest absolute Gasteiger partial charge is 0.388 e. The molecule has 0 spiro atoms. The molecule has 0 bridgehead atoms. The summed E-state index contributed by atoms with van der Waals surface area (Å²) in [6, 6.07) is 0.533. The van der Waals surface area contributed by atoms with Gasteiger partial charge in [0.1, 0.15) is 18.3 Å². The number of amides is 1. The third kappa shape index (κ3) is 9.17. The summed E-state index contributed by atoms with van der Waals surface area (Å²) in [5.41, 5.74) is 2.65. The van der Waals surface area contributed by atoms with E-state index in [0.717, 1.165) is 48.5 Å². The van der Waals surface area contributed by atoms with E-state index < -0.39 is 30.7 Å². The molecular weight excluding hydrogens is 632 g/mol. The van der Waals surface area contributed by atoms with Gasteiger partial charge >= 0.3 is 0 Å². The predicted octanol–water partition coefficient (Wildman–Crippen LogP) is 5.74. The molecule has 50 heavy (non-hydrogen) atoms. The highest BCUT2D eigenvalue weighted by molar-refractivity contribution is 5.75. The number of fused-ring (bicyclic) bond motifs is 5. The lowest BCUT2D eigenvalue weighted by Crippen LogP contribution is -2.57. The smallest absolute Gasteiger partial charge is 0.222 e. The Balaban J connectivity index is 0.954. The van der Waals surface area contributed by atoms with Gasteiger partial charge in [-0.25, -0.2) is 0 Å². The molecule has 288 valence electrons. The Hall–Kier alpha value is -1.07. The van der Waals surface area contributed by atoms with Crippen molar-refractivity contribution in [1.29, 1.82) is 0 Å². The van der Waals surface area contributed by atoms with Crippen LogP contribution in [-0.2, 0) is 19.0 Å². The first-order valence-electron chi connectivity index (χ1n) is 20.4. The van der Waals surface area contributed by atoms with E-state index in [0.29, 0.717) is 23.4 Å². The van der Waals surface area contributed by atoms with Crippen molar-refractivity contribution in [3.05, 3.63) is 11.6 Å². The van der Waals surface area contributed by atoms with Crippen LogP contribution in [0.5, 0.6) is 0 Å². The lowest BCUT2D eigenvalue weighted by molar-refractivity contribution is -0.294. The molecule has 4 fully saturated rings. The predicted molar refractivity (Wildman–Crippen MR) is 196 cm³/mol. The van der Waals surface area contributed by atoms with Gasteiger partial charge in [-0.05, 0) is 118 Å². The Kier molecular flexibility index (Phi) is 14.3. The van der Waals surface area contributed by atoms with Crippen molar-refractivity contribution in [2.75, 3.05) is 32.9 Å². The molecule has 4 aliphatic carbocycles. The normalized spacial score (nSPS) is 40.5. The van der Waals surface area contributed by atoms with Crippen LogP contribution in [0.15, 0.2) is 11.6 Å². The summed E-state index contributed by atoms with van der Waals surface area (Å²) in [4.78, 5) is 12.3. The standard InChI is InChI=1S/C41H72N2O7/c1-26(2)9-7-10-27(3)32-13-14-33-31-12-11-29-25-30(15-18-40(29,5)34(31)16-19-41(32,33)6)42-20-8-21-43-35(44)17-22-48-23-24-49-39-38(47)37(46)36(45)28(4)50-39/h11,26-28,30-34,36-39,42,45-47H,7-10,12-25H2,1-6H3,(H,43,44)/t27-,28?,30+,31+,32?,33+,34?,36?,37?,38?,39?,40?,41?/m1/s1. The Morgan fingerprint density at radius 1 is 0.940 bits per heavy atom. The third-order valence-corrected chi connectivity index (χ3v) is 14.2. The molecule has 9 unspecified atom stereocenters. The number of rotatable bonds is 17. The molecule has 1 saturated heterocycles. The van der Waals surface area contributed by atoms with Crippen molar-refractivity contribution in [2.45, 2.75) is 162 Å². The van der Waals surface area contributed by atoms with E-state index >= 15 is 0 Å². The fraction of sp³-hybridized carbons (Fsp3) is 0.927. The van der Waals surface area contributed by atoms with Crippen molar-refractivity contribution in [2.24, 2.45) is 46.3 Å². The minimum Gasteiger partial charge on any atom is -0.388 e. The number of carbonyl (C=O) groups excluding carboxylic acids is 1. The number of ether oxygens (including phenoxy) is 3. The highest BCUT2D eigenvalue weighted by Crippen LogP contribution is 2.67. The summed E-state index contributed by atoms with van der Waals surface area (Å²) >= 11 is 0. The Bertz CT molecular complexity index is 1120. The maximum Gasteiger partial charge on any atom is 0.222 e. The maximum atomic E-state index is 12.3. The average Bonchev–Trinajstić information content (AvgIpc) is 3.44. The fourth-order valence-electron chi connectivity index (χ4n) is 11.2. The summed E-state index contributed by atoms with van der Waals surface area (Å²) in [6.45, 7) is 16.4. The lowest BCUT2D eigenvalue weighted by Gasteiger charge is -2.58. The zero-order chi connectivity index (χ0) is 36.1. The van der Waals surface area contributed by atoms with Crippen LogP contribution in [0.2, 0.25) is 0 Å². The van der Waals surface area contributed by atoms with E-state index in [1.807, 2.05) is 0 Å². The minimum atomic E-state index is -1.33. The summed E-state index contributed by atoms with van der Waals surface area (Å²) < 4.78 is 16.4. The zero-order valence-corrected chi connectivity index (χ0v) is 32.2. The van der Waals surface area contributed by atoms with Gasteiger partial charge in [0.05, 0.1) is 25.9 Å². The number of nitrogens with one attached hydrogen (secondary N) is 2. The summed E-state index contributed by atoms with van der Waals surface area (Å²) in [6.07, 6.45) is 13.4. The van der Waals surface area contributed by atoms with Crippen LogP contribution >= 0.6 is 0 Å². The molecule has 0 aromatic heterocycles. The second-order valence-corrected chi connectivity index (χ2v) is 17.8. The van der Waals surface area contributed by atoms with E-state index in [4.69, 9.17) is 14.2 Å². The van der Waals surface area contributed by atoms with Crippen molar-refractivity contribution < 1.29 is 34.3 Å². The average molecular weight is 705 g/mol. The van der Waals surface area contributed by atoms with Gasteiger partial charge in [0.2, 0.25) is 5.91 Å². The molecule has 5 rings (SSSR count). The van der Waals surface area contributed by atoms with Crippen LogP contribution in [-0.4, -0.2) is 90.9 Å². The minimum absolute atomic E-state index is 0.0315. The second-order valence-electron chi connectivity index (χ2n) is 17.8. The van der Waals surface area contributed by atoms with Gasteiger partial charge in [-0.3, -0.25) is 4.79 Å². The van der Waals surface area contributed by atoms with Gasteiger partial charge in [0.15, 0.2) is 6.29 Å². The fourth-order valence-corrected chi connectivity index (χ4v) is 11.2. The van der Waals surface area contributed by atoms with E-state index in [1.165, 1.54) is 70.6 Å². The van der Waals surface area contributed by atoms with E-state index in [2.05, 4.69) is 51.3 Å². The van der Waals surface area contributed by atoms with Crippen molar-refractivity contribution in [3.8, 4) is 0 Å². The van der Waals surface area contributed by atoms with Crippen LogP contribution < -0.4 is 10.6 Å². The molecule has 13 atom stereocenters. The molecule has 1 amide bonds. The molecule has 1 heterocycles. The topological polar surface area (TPSA) is 130 Å². The summed E-state index contributed by atoms with van der Waals surface area (Å²) in [5.74, 6) is 5.22. The Morgan fingerprint density at radius 2 is 1.74 bits per heavy atom.